The molecule has 1 unspecified atom stereocenters. The quantitative estimate of drug-likeness (QED) is 0.478. The van der Waals surface area contributed by atoms with Crippen LogP contribution in [0.25, 0.3) is 11.3 Å². The van der Waals surface area contributed by atoms with Gasteiger partial charge in [-0.15, -0.1) is 0 Å². The maximum Gasteiger partial charge on any atom is 0.243 e. The first-order valence-electron chi connectivity index (χ1n) is 11.8. The van der Waals surface area contributed by atoms with Crippen LogP contribution in [0.1, 0.15) is 44.1 Å². The molecule has 180 valence electrons. The average Bonchev–Trinajstić information content (AvgIpc) is 3.36. The number of hydrogen-bond acceptors (Lipinski definition) is 5. The minimum atomic E-state index is -3.57. The minimum Gasteiger partial charge on any atom is -0.441 e. The third kappa shape index (κ3) is 5.39. The molecule has 1 aromatic heterocycles. The highest BCUT2D eigenvalue weighted by Crippen LogP contribution is 2.24. The maximum atomic E-state index is 13.0. The predicted octanol–water partition coefficient (Wildman–Crippen LogP) is 4.32. The van der Waals surface area contributed by atoms with E-state index in [4.69, 9.17) is 4.42 Å². The summed E-state index contributed by atoms with van der Waals surface area (Å²) in [5, 5.41) is 0. The molecule has 8 heteroatoms. The Morgan fingerprint density at radius 3 is 2.35 bits per heavy atom. The number of amides is 1. The van der Waals surface area contributed by atoms with Crippen LogP contribution in [0.4, 0.5) is 0 Å². The summed E-state index contributed by atoms with van der Waals surface area (Å²) in [4.78, 5) is 19.0. The number of rotatable bonds is 8. The molecular weight excluding hydrogens is 450 g/mol. The zero-order chi connectivity index (χ0) is 24.1. The highest BCUT2D eigenvalue weighted by atomic mass is 32.2. The van der Waals surface area contributed by atoms with Gasteiger partial charge in [0.2, 0.25) is 15.9 Å². The second-order valence-electron chi connectivity index (χ2n) is 8.65. The number of benzene rings is 2. The summed E-state index contributed by atoms with van der Waals surface area (Å²) in [7, 11) is -3.57. The van der Waals surface area contributed by atoms with Crippen molar-refractivity contribution in [1.82, 2.24) is 14.2 Å². The van der Waals surface area contributed by atoms with Gasteiger partial charge in [0, 0.05) is 44.6 Å². The normalized spacial score (nSPS) is 15.9. The van der Waals surface area contributed by atoms with Gasteiger partial charge in [0.15, 0.2) is 11.7 Å². The number of piperazine rings is 1. The molecule has 4 rings (SSSR count). The van der Waals surface area contributed by atoms with Gasteiger partial charge < -0.3 is 9.32 Å². The lowest BCUT2D eigenvalue weighted by Gasteiger charge is -2.34. The second kappa shape index (κ2) is 10.5. The fourth-order valence-corrected chi connectivity index (χ4v) is 5.49. The molecule has 0 radical (unpaired) electrons. The van der Waals surface area contributed by atoms with E-state index in [1.54, 1.807) is 23.2 Å². The van der Waals surface area contributed by atoms with Gasteiger partial charge in [-0.1, -0.05) is 56.3 Å². The Bertz CT molecular complexity index is 1200. The number of hydrogen-bond donors (Lipinski definition) is 0. The Morgan fingerprint density at radius 1 is 1.03 bits per heavy atom. The fourth-order valence-electron chi connectivity index (χ4n) is 4.06. The molecule has 1 atom stereocenters. The number of oxazole rings is 1. The molecule has 0 saturated carbocycles. The van der Waals surface area contributed by atoms with Gasteiger partial charge in [-0.25, -0.2) is 13.4 Å². The molecule has 1 amide bonds. The molecular formula is C26H31N3O4S. The second-order valence-corrected chi connectivity index (χ2v) is 10.6. The Kier molecular flexibility index (Phi) is 7.48. The van der Waals surface area contributed by atoms with Crippen molar-refractivity contribution in [3.8, 4) is 11.3 Å². The molecule has 0 bridgehead atoms. The first-order valence-corrected chi connectivity index (χ1v) is 13.2. The molecule has 0 N–H and O–H groups in total. The number of nitrogens with zero attached hydrogens (tertiary/aromatic N) is 3. The zero-order valence-corrected chi connectivity index (χ0v) is 20.5. The maximum absolute atomic E-state index is 13.0. The van der Waals surface area contributed by atoms with Gasteiger partial charge in [-0.3, -0.25) is 4.79 Å². The van der Waals surface area contributed by atoms with Crippen molar-refractivity contribution >= 4 is 15.9 Å². The Hall–Kier alpha value is -2.97. The lowest BCUT2D eigenvalue weighted by atomic mass is 9.99. The molecule has 0 spiro atoms. The van der Waals surface area contributed by atoms with Crippen molar-refractivity contribution < 1.29 is 17.6 Å². The SMILES string of the molecule is CCC(C)c1ccc(S(=O)(=O)N2CCN(C(=O)CCc3ncc(-c4ccccc4)o3)CC2)cc1. The third-order valence-electron chi connectivity index (χ3n) is 6.46. The van der Waals surface area contributed by atoms with Crippen LogP contribution in [0.2, 0.25) is 0 Å². The van der Waals surface area contributed by atoms with Crippen LogP contribution in [0.3, 0.4) is 0 Å². The van der Waals surface area contributed by atoms with E-state index >= 15 is 0 Å². The van der Waals surface area contributed by atoms with Crippen molar-refractivity contribution in [3.05, 3.63) is 72.2 Å². The summed E-state index contributed by atoms with van der Waals surface area (Å²) in [6.45, 7) is 5.58. The number of sulfonamides is 1. The average molecular weight is 482 g/mol. The molecule has 1 saturated heterocycles. The van der Waals surface area contributed by atoms with E-state index in [-0.39, 0.29) is 12.3 Å². The molecule has 1 aliphatic rings. The van der Waals surface area contributed by atoms with E-state index in [0.717, 1.165) is 17.5 Å². The molecule has 7 nitrogen and oxygen atoms in total. The van der Waals surface area contributed by atoms with E-state index in [2.05, 4.69) is 18.8 Å². The van der Waals surface area contributed by atoms with E-state index in [1.807, 2.05) is 42.5 Å². The zero-order valence-electron chi connectivity index (χ0n) is 19.7. The molecule has 0 aliphatic carbocycles. The van der Waals surface area contributed by atoms with Crippen molar-refractivity contribution in [2.45, 2.75) is 43.9 Å². The van der Waals surface area contributed by atoms with Crippen LogP contribution in [-0.2, 0) is 21.2 Å². The Morgan fingerprint density at radius 2 is 1.71 bits per heavy atom. The Balaban J connectivity index is 1.29. The van der Waals surface area contributed by atoms with Crippen molar-refractivity contribution in [3.63, 3.8) is 0 Å². The Labute approximate surface area is 201 Å². The van der Waals surface area contributed by atoms with Crippen LogP contribution >= 0.6 is 0 Å². The van der Waals surface area contributed by atoms with Crippen molar-refractivity contribution in [2.24, 2.45) is 0 Å². The molecule has 2 heterocycles. The molecule has 34 heavy (non-hydrogen) atoms. The van der Waals surface area contributed by atoms with Crippen LogP contribution < -0.4 is 0 Å². The van der Waals surface area contributed by atoms with E-state index in [9.17, 15) is 13.2 Å². The summed E-state index contributed by atoms with van der Waals surface area (Å²) in [6, 6.07) is 16.9. The third-order valence-corrected chi connectivity index (χ3v) is 8.37. The lowest BCUT2D eigenvalue weighted by Crippen LogP contribution is -2.50. The highest BCUT2D eigenvalue weighted by molar-refractivity contribution is 7.89. The highest BCUT2D eigenvalue weighted by Gasteiger charge is 2.30. The number of aryl methyl sites for hydroxylation is 1. The van der Waals surface area contributed by atoms with Gasteiger partial charge in [-0.2, -0.15) is 4.31 Å². The van der Waals surface area contributed by atoms with E-state index in [1.165, 1.54) is 4.31 Å². The molecule has 3 aromatic rings. The molecule has 1 aliphatic heterocycles. The lowest BCUT2D eigenvalue weighted by molar-refractivity contribution is -0.132. The fraction of sp³-hybridized carbons (Fsp3) is 0.385. The van der Waals surface area contributed by atoms with Crippen LogP contribution in [0, 0.1) is 0 Å². The molecule has 2 aromatic carbocycles. The van der Waals surface area contributed by atoms with Gasteiger partial charge >= 0.3 is 0 Å². The number of carbonyl (C=O) groups excluding carboxylic acids is 1. The van der Waals surface area contributed by atoms with E-state index < -0.39 is 10.0 Å². The first kappa shape index (κ1) is 24.2. The van der Waals surface area contributed by atoms with Crippen LogP contribution in [0.15, 0.2) is 70.1 Å². The van der Waals surface area contributed by atoms with E-state index in [0.29, 0.717) is 55.1 Å². The summed E-state index contributed by atoms with van der Waals surface area (Å²) < 4.78 is 33.3. The number of aromatic nitrogens is 1. The van der Waals surface area contributed by atoms with Gasteiger partial charge in [0.05, 0.1) is 11.1 Å². The standard InChI is InChI=1S/C26H31N3O4S/c1-3-20(2)21-9-11-23(12-10-21)34(31,32)29-17-15-28(16-18-29)26(30)14-13-25-27-19-24(33-25)22-7-5-4-6-8-22/h4-12,19-20H,3,13-18H2,1-2H3. The van der Waals surface area contributed by atoms with Crippen LogP contribution in [0.5, 0.6) is 0 Å². The minimum absolute atomic E-state index is 0.0191. The monoisotopic (exact) mass is 481 g/mol. The molecule has 1 fully saturated rings. The smallest absolute Gasteiger partial charge is 0.243 e. The summed E-state index contributed by atoms with van der Waals surface area (Å²) in [6.07, 6.45) is 3.37. The van der Waals surface area contributed by atoms with Gasteiger partial charge in [-0.05, 0) is 30.0 Å². The topological polar surface area (TPSA) is 83.7 Å². The van der Waals surface area contributed by atoms with Gasteiger partial charge in [0.1, 0.15) is 0 Å². The summed E-state index contributed by atoms with van der Waals surface area (Å²) >= 11 is 0. The van der Waals surface area contributed by atoms with Crippen LogP contribution in [-0.4, -0.2) is 54.7 Å². The predicted molar refractivity (Wildman–Crippen MR) is 131 cm³/mol. The van der Waals surface area contributed by atoms with Gasteiger partial charge in [0.25, 0.3) is 0 Å². The van der Waals surface area contributed by atoms with Crippen molar-refractivity contribution in [1.29, 1.82) is 0 Å². The van der Waals surface area contributed by atoms with Crippen molar-refractivity contribution in [2.75, 3.05) is 26.2 Å². The first-order chi connectivity index (χ1) is 16.4. The summed E-state index contributed by atoms with van der Waals surface area (Å²) in [5.74, 6) is 1.58. The largest absolute Gasteiger partial charge is 0.441 e. The number of carbonyl (C=O) groups is 1. The summed E-state index contributed by atoms with van der Waals surface area (Å²) in [5.41, 5.74) is 2.08.